The maximum absolute atomic E-state index is 12.2. The zero-order chi connectivity index (χ0) is 10.8. The van der Waals surface area contributed by atoms with E-state index in [1.54, 1.807) is 11.8 Å². The molecular formula is C10H19N3OS. The number of rotatable bonds is 1. The SMILES string of the molecule is CC1NC(N)SC1C(=O)N1CCCCC1. The van der Waals surface area contributed by atoms with E-state index in [-0.39, 0.29) is 22.7 Å². The van der Waals surface area contributed by atoms with Crippen LogP contribution in [0.2, 0.25) is 0 Å². The lowest BCUT2D eigenvalue weighted by Gasteiger charge is -2.29. The number of nitrogens with one attached hydrogen (secondary N) is 1. The molecule has 2 aliphatic heterocycles. The Morgan fingerprint density at radius 1 is 1.40 bits per heavy atom. The van der Waals surface area contributed by atoms with Crippen LogP contribution < -0.4 is 11.1 Å². The topological polar surface area (TPSA) is 58.4 Å². The fourth-order valence-corrected chi connectivity index (χ4v) is 3.42. The van der Waals surface area contributed by atoms with Crippen LogP contribution in [0.1, 0.15) is 26.2 Å². The fourth-order valence-electron chi connectivity index (χ4n) is 2.23. The normalized spacial score (nSPS) is 36.9. The van der Waals surface area contributed by atoms with Crippen molar-refractivity contribution in [3.8, 4) is 0 Å². The Kier molecular flexibility index (Phi) is 3.53. The maximum atomic E-state index is 12.2. The van der Waals surface area contributed by atoms with Gasteiger partial charge in [-0.2, -0.15) is 0 Å². The van der Waals surface area contributed by atoms with Gasteiger partial charge in [0.2, 0.25) is 5.91 Å². The molecule has 3 unspecified atom stereocenters. The number of hydrogen-bond donors (Lipinski definition) is 2. The first kappa shape index (κ1) is 11.2. The quantitative estimate of drug-likeness (QED) is 0.680. The van der Waals surface area contributed by atoms with E-state index >= 15 is 0 Å². The van der Waals surface area contributed by atoms with Crippen LogP contribution in [0.15, 0.2) is 0 Å². The average molecular weight is 229 g/mol. The highest BCUT2D eigenvalue weighted by Gasteiger charge is 2.37. The molecule has 0 spiro atoms. The molecule has 0 saturated carbocycles. The molecule has 2 aliphatic rings. The number of carbonyl (C=O) groups is 1. The van der Waals surface area contributed by atoms with Crippen molar-refractivity contribution < 1.29 is 4.79 Å². The Labute approximate surface area is 94.9 Å². The molecule has 2 heterocycles. The van der Waals surface area contributed by atoms with Gasteiger partial charge >= 0.3 is 0 Å². The zero-order valence-corrected chi connectivity index (χ0v) is 9.93. The predicted molar refractivity (Wildman–Crippen MR) is 62.4 cm³/mol. The van der Waals surface area contributed by atoms with Crippen molar-refractivity contribution in [3.05, 3.63) is 0 Å². The minimum atomic E-state index is -0.0845. The molecule has 2 rings (SSSR count). The lowest BCUT2D eigenvalue weighted by molar-refractivity contribution is -0.131. The second-order valence-electron chi connectivity index (χ2n) is 4.32. The summed E-state index contributed by atoms with van der Waals surface area (Å²) < 4.78 is 0. The van der Waals surface area contributed by atoms with E-state index in [4.69, 9.17) is 5.73 Å². The standard InChI is InChI=1S/C10H19N3OS/c1-7-8(15-10(11)12-7)9(14)13-5-3-2-4-6-13/h7-8,10,12H,2-6,11H2,1H3. The maximum Gasteiger partial charge on any atom is 0.237 e. The molecule has 2 saturated heterocycles. The van der Waals surface area contributed by atoms with E-state index in [9.17, 15) is 4.79 Å². The number of piperidine rings is 1. The number of hydrogen-bond acceptors (Lipinski definition) is 4. The molecule has 0 radical (unpaired) electrons. The number of likely N-dealkylation sites (tertiary alicyclic amines) is 1. The summed E-state index contributed by atoms with van der Waals surface area (Å²) in [6, 6.07) is 0.194. The van der Waals surface area contributed by atoms with Crippen LogP contribution in [0, 0.1) is 0 Å². The van der Waals surface area contributed by atoms with Gasteiger partial charge in [-0.05, 0) is 26.2 Å². The van der Waals surface area contributed by atoms with E-state index in [1.807, 2.05) is 11.8 Å². The molecule has 0 aromatic rings. The van der Waals surface area contributed by atoms with Crippen LogP contribution in [0.5, 0.6) is 0 Å². The molecule has 0 bridgehead atoms. The molecule has 0 aromatic heterocycles. The average Bonchev–Trinajstić information content (AvgIpc) is 2.58. The second-order valence-corrected chi connectivity index (χ2v) is 5.61. The van der Waals surface area contributed by atoms with E-state index in [1.165, 1.54) is 6.42 Å². The van der Waals surface area contributed by atoms with Gasteiger partial charge < -0.3 is 10.6 Å². The van der Waals surface area contributed by atoms with E-state index < -0.39 is 0 Å². The Hall–Kier alpha value is -0.260. The summed E-state index contributed by atoms with van der Waals surface area (Å²) in [7, 11) is 0. The summed E-state index contributed by atoms with van der Waals surface area (Å²) in [5.74, 6) is 0.271. The summed E-state index contributed by atoms with van der Waals surface area (Å²) in [4.78, 5) is 14.2. The highest BCUT2D eigenvalue weighted by Crippen LogP contribution is 2.27. The molecule has 3 atom stereocenters. The molecule has 1 amide bonds. The van der Waals surface area contributed by atoms with Gasteiger partial charge in [0, 0.05) is 19.1 Å². The first-order valence-corrected chi connectivity index (χ1v) is 6.58. The largest absolute Gasteiger partial charge is 0.342 e. The van der Waals surface area contributed by atoms with Crippen molar-refractivity contribution >= 4 is 17.7 Å². The lowest BCUT2D eigenvalue weighted by Crippen LogP contribution is -2.45. The highest BCUT2D eigenvalue weighted by atomic mass is 32.2. The Balaban J connectivity index is 1.94. The molecule has 15 heavy (non-hydrogen) atoms. The van der Waals surface area contributed by atoms with Crippen LogP contribution >= 0.6 is 11.8 Å². The summed E-state index contributed by atoms with van der Waals surface area (Å²) in [6.07, 6.45) is 3.56. The summed E-state index contributed by atoms with van der Waals surface area (Å²) in [6.45, 7) is 3.89. The van der Waals surface area contributed by atoms with Crippen molar-refractivity contribution in [3.63, 3.8) is 0 Å². The van der Waals surface area contributed by atoms with Gasteiger partial charge in [-0.1, -0.05) is 0 Å². The van der Waals surface area contributed by atoms with Gasteiger partial charge in [0.1, 0.15) is 10.7 Å². The van der Waals surface area contributed by atoms with Crippen LogP contribution in [-0.2, 0) is 4.79 Å². The van der Waals surface area contributed by atoms with Crippen molar-refractivity contribution in [2.75, 3.05) is 13.1 Å². The summed E-state index contributed by atoms with van der Waals surface area (Å²) in [5.41, 5.74) is 5.68. The molecular weight excluding hydrogens is 210 g/mol. The van der Waals surface area contributed by atoms with Gasteiger partial charge in [-0.25, -0.2) is 0 Å². The van der Waals surface area contributed by atoms with Gasteiger partial charge in [0.05, 0.1) is 0 Å². The molecule has 4 nitrogen and oxygen atoms in total. The number of nitrogens with zero attached hydrogens (tertiary/aromatic N) is 1. The third-order valence-electron chi connectivity index (χ3n) is 3.09. The predicted octanol–water partition coefficient (Wildman–Crippen LogP) is 0.335. The van der Waals surface area contributed by atoms with Gasteiger partial charge in [-0.15, -0.1) is 11.8 Å². The fraction of sp³-hybridized carbons (Fsp3) is 0.900. The lowest BCUT2D eigenvalue weighted by atomic mass is 10.1. The van der Waals surface area contributed by atoms with E-state index in [0.29, 0.717) is 0 Å². The molecule has 5 heteroatoms. The van der Waals surface area contributed by atoms with Crippen molar-refractivity contribution in [2.45, 2.75) is 43.0 Å². The zero-order valence-electron chi connectivity index (χ0n) is 9.11. The Morgan fingerprint density at radius 3 is 2.60 bits per heavy atom. The van der Waals surface area contributed by atoms with Gasteiger partial charge in [0.15, 0.2) is 0 Å². The number of amides is 1. The monoisotopic (exact) mass is 229 g/mol. The van der Waals surface area contributed by atoms with E-state index in [2.05, 4.69) is 5.32 Å². The van der Waals surface area contributed by atoms with Crippen molar-refractivity contribution in [2.24, 2.45) is 5.73 Å². The van der Waals surface area contributed by atoms with Crippen molar-refractivity contribution in [1.82, 2.24) is 10.2 Å². The minimum absolute atomic E-state index is 0.0121. The number of thioether (sulfide) groups is 1. The Morgan fingerprint density at radius 2 is 2.07 bits per heavy atom. The smallest absolute Gasteiger partial charge is 0.237 e. The first-order valence-electron chi connectivity index (χ1n) is 5.64. The molecule has 3 N–H and O–H groups in total. The van der Waals surface area contributed by atoms with Crippen molar-refractivity contribution in [1.29, 1.82) is 0 Å². The highest BCUT2D eigenvalue weighted by molar-refractivity contribution is 8.01. The Bertz CT molecular complexity index is 243. The number of carbonyl (C=O) groups excluding carboxylic acids is 1. The van der Waals surface area contributed by atoms with Gasteiger partial charge in [-0.3, -0.25) is 10.1 Å². The molecule has 86 valence electrons. The first-order chi connectivity index (χ1) is 7.18. The summed E-state index contributed by atoms with van der Waals surface area (Å²) >= 11 is 1.55. The van der Waals surface area contributed by atoms with Crippen LogP contribution in [0.25, 0.3) is 0 Å². The molecule has 0 aromatic carbocycles. The molecule has 0 aliphatic carbocycles. The second kappa shape index (κ2) is 4.72. The summed E-state index contributed by atoms with van der Waals surface area (Å²) in [5, 5.41) is 3.19. The third kappa shape index (κ3) is 2.46. The van der Waals surface area contributed by atoms with E-state index in [0.717, 1.165) is 25.9 Å². The van der Waals surface area contributed by atoms with Crippen LogP contribution in [0.3, 0.4) is 0 Å². The third-order valence-corrected chi connectivity index (χ3v) is 4.42. The van der Waals surface area contributed by atoms with Gasteiger partial charge in [0.25, 0.3) is 0 Å². The molecule has 2 fully saturated rings. The van der Waals surface area contributed by atoms with Crippen LogP contribution in [0.4, 0.5) is 0 Å². The minimum Gasteiger partial charge on any atom is -0.342 e. The number of nitrogens with two attached hydrogens (primary N) is 1. The van der Waals surface area contributed by atoms with Crippen LogP contribution in [-0.4, -0.2) is 40.7 Å².